The lowest BCUT2D eigenvalue weighted by molar-refractivity contribution is 0.102. The lowest BCUT2D eigenvalue weighted by Gasteiger charge is -2.15. The molecule has 0 saturated carbocycles. The molecule has 0 spiro atoms. The Morgan fingerprint density at radius 1 is 1.29 bits per heavy atom. The van der Waals surface area contributed by atoms with Gasteiger partial charge in [-0.25, -0.2) is 9.37 Å². The van der Waals surface area contributed by atoms with E-state index in [0.29, 0.717) is 23.0 Å². The van der Waals surface area contributed by atoms with Crippen molar-refractivity contribution >= 4 is 17.2 Å². The Bertz CT molecular complexity index is 901. The van der Waals surface area contributed by atoms with E-state index in [1.165, 1.54) is 16.7 Å². The molecule has 1 atom stereocenters. The first-order valence-electron chi connectivity index (χ1n) is 8.05. The van der Waals surface area contributed by atoms with Crippen molar-refractivity contribution in [2.45, 2.75) is 33.1 Å². The molecule has 1 aromatic carbocycles. The standard InChI is InChI=1S/C19H20FN3O/c1-4-12(2)15-7-5-6-8-16(15)22-19(24)18-13(3)21-17-10-9-14(20)11-23(17)18/h5-12H,4H2,1-3H3,(H,22,24). The molecule has 0 fully saturated rings. The second kappa shape index (κ2) is 6.43. The van der Waals surface area contributed by atoms with Crippen LogP contribution < -0.4 is 5.32 Å². The summed E-state index contributed by atoms with van der Waals surface area (Å²) in [5.41, 5.74) is 3.34. The summed E-state index contributed by atoms with van der Waals surface area (Å²) in [6.07, 6.45) is 2.26. The number of para-hydroxylation sites is 1. The smallest absolute Gasteiger partial charge is 0.274 e. The summed E-state index contributed by atoms with van der Waals surface area (Å²) < 4.78 is 15.0. The van der Waals surface area contributed by atoms with Gasteiger partial charge < -0.3 is 5.32 Å². The first-order valence-corrected chi connectivity index (χ1v) is 8.05. The Morgan fingerprint density at radius 3 is 2.79 bits per heavy atom. The molecule has 124 valence electrons. The van der Waals surface area contributed by atoms with Gasteiger partial charge in [0.2, 0.25) is 0 Å². The van der Waals surface area contributed by atoms with Crippen molar-refractivity contribution < 1.29 is 9.18 Å². The molecule has 0 saturated heterocycles. The van der Waals surface area contributed by atoms with Gasteiger partial charge in [0.05, 0.1) is 5.69 Å². The van der Waals surface area contributed by atoms with E-state index in [1.807, 2.05) is 24.3 Å². The van der Waals surface area contributed by atoms with Crippen LogP contribution in [0.3, 0.4) is 0 Å². The van der Waals surface area contributed by atoms with Crippen molar-refractivity contribution in [2.75, 3.05) is 5.32 Å². The zero-order valence-corrected chi connectivity index (χ0v) is 14.0. The van der Waals surface area contributed by atoms with Gasteiger partial charge in [-0.3, -0.25) is 9.20 Å². The van der Waals surface area contributed by atoms with Crippen LogP contribution in [0, 0.1) is 12.7 Å². The molecule has 2 heterocycles. The SMILES string of the molecule is CCC(C)c1ccccc1NC(=O)c1c(C)nc2ccc(F)cn12. The largest absolute Gasteiger partial charge is 0.320 e. The van der Waals surface area contributed by atoms with Gasteiger partial charge in [0, 0.05) is 11.9 Å². The van der Waals surface area contributed by atoms with E-state index >= 15 is 0 Å². The number of halogens is 1. The molecule has 24 heavy (non-hydrogen) atoms. The number of amides is 1. The van der Waals surface area contributed by atoms with Crippen LogP contribution in [-0.4, -0.2) is 15.3 Å². The predicted molar refractivity (Wildman–Crippen MR) is 93.0 cm³/mol. The summed E-state index contributed by atoms with van der Waals surface area (Å²) in [6.45, 7) is 5.99. The number of carbonyl (C=O) groups is 1. The summed E-state index contributed by atoms with van der Waals surface area (Å²) >= 11 is 0. The van der Waals surface area contributed by atoms with Crippen molar-refractivity contribution in [3.8, 4) is 0 Å². The maximum Gasteiger partial charge on any atom is 0.274 e. The van der Waals surface area contributed by atoms with Gasteiger partial charge in [0.15, 0.2) is 0 Å². The number of pyridine rings is 1. The lowest BCUT2D eigenvalue weighted by atomic mass is 9.97. The fraction of sp³-hybridized carbons (Fsp3) is 0.263. The van der Waals surface area contributed by atoms with Gasteiger partial charge >= 0.3 is 0 Å². The van der Waals surface area contributed by atoms with Gasteiger partial charge in [0.25, 0.3) is 5.91 Å². The molecule has 0 aliphatic carbocycles. The van der Waals surface area contributed by atoms with E-state index in [2.05, 4.69) is 24.1 Å². The molecule has 0 aliphatic heterocycles. The summed E-state index contributed by atoms with van der Waals surface area (Å²) in [4.78, 5) is 17.1. The van der Waals surface area contributed by atoms with Crippen molar-refractivity contribution in [3.05, 3.63) is 65.4 Å². The highest BCUT2D eigenvalue weighted by Gasteiger charge is 2.19. The van der Waals surface area contributed by atoms with Crippen LogP contribution in [0.25, 0.3) is 5.65 Å². The Morgan fingerprint density at radius 2 is 2.04 bits per heavy atom. The van der Waals surface area contributed by atoms with E-state index < -0.39 is 5.82 Å². The van der Waals surface area contributed by atoms with Crippen molar-refractivity contribution in [1.82, 2.24) is 9.38 Å². The van der Waals surface area contributed by atoms with Gasteiger partial charge in [-0.1, -0.05) is 32.0 Å². The highest BCUT2D eigenvalue weighted by molar-refractivity contribution is 6.04. The first-order chi connectivity index (χ1) is 11.5. The molecule has 1 amide bonds. The highest BCUT2D eigenvalue weighted by atomic mass is 19.1. The molecule has 0 radical (unpaired) electrons. The summed E-state index contributed by atoms with van der Waals surface area (Å²) in [5, 5.41) is 2.96. The summed E-state index contributed by atoms with van der Waals surface area (Å²) in [7, 11) is 0. The number of nitrogens with one attached hydrogen (secondary N) is 1. The number of hydrogen-bond acceptors (Lipinski definition) is 2. The molecule has 0 aliphatic rings. The fourth-order valence-electron chi connectivity index (χ4n) is 2.85. The second-order valence-corrected chi connectivity index (χ2v) is 5.97. The normalized spacial score (nSPS) is 12.3. The van der Waals surface area contributed by atoms with Crippen LogP contribution in [0.5, 0.6) is 0 Å². The van der Waals surface area contributed by atoms with E-state index in [1.54, 1.807) is 13.0 Å². The molecule has 3 aromatic rings. The average molecular weight is 325 g/mol. The maximum atomic E-state index is 13.6. The van der Waals surface area contributed by atoms with E-state index in [9.17, 15) is 9.18 Å². The average Bonchev–Trinajstić information content (AvgIpc) is 2.89. The minimum Gasteiger partial charge on any atom is -0.320 e. The topological polar surface area (TPSA) is 46.4 Å². The summed E-state index contributed by atoms with van der Waals surface area (Å²) in [5.74, 6) is -0.363. The molecule has 1 N–H and O–H groups in total. The number of carbonyl (C=O) groups excluding carboxylic acids is 1. The lowest BCUT2D eigenvalue weighted by Crippen LogP contribution is -2.17. The number of rotatable bonds is 4. The Labute approximate surface area is 140 Å². The van der Waals surface area contributed by atoms with Crippen molar-refractivity contribution in [1.29, 1.82) is 0 Å². The van der Waals surface area contributed by atoms with Crippen molar-refractivity contribution in [2.24, 2.45) is 0 Å². The molecule has 2 aromatic heterocycles. The number of aryl methyl sites for hydroxylation is 1. The minimum atomic E-state index is -0.408. The number of imidazole rings is 1. The third-order valence-electron chi connectivity index (χ3n) is 4.32. The van der Waals surface area contributed by atoms with E-state index in [0.717, 1.165) is 17.7 Å². The second-order valence-electron chi connectivity index (χ2n) is 5.97. The molecule has 0 bridgehead atoms. The molecular weight excluding hydrogens is 305 g/mol. The van der Waals surface area contributed by atoms with Gasteiger partial charge in [-0.2, -0.15) is 0 Å². The summed E-state index contributed by atoms with van der Waals surface area (Å²) in [6, 6.07) is 10.7. The van der Waals surface area contributed by atoms with Crippen LogP contribution >= 0.6 is 0 Å². The predicted octanol–water partition coefficient (Wildman–Crippen LogP) is 4.55. The molecule has 1 unspecified atom stereocenters. The quantitative estimate of drug-likeness (QED) is 0.765. The minimum absolute atomic E-state index is 0.290. The van der Waals surface area contributed by atoms with E-state index in [-0.39, 0.29) is 5.91 Å². The molecule has 4 nitrogen and oxygen atoms in total. The monoisotopic (exact) mass is 325 g/mol. The third kappa shape index (κ3) is 2.89. The van der Waals surface area contributed by atoms with Crippen LogP contribution in [0.4, 0.5) is 10.1 Å². The van der Waals surface area contributed by atoms with E-state index in [4.69, 9.17) is 0 Å². The van der Waals surface area contributed by atoms with Crippen LogP contribution in [0.2, 0.25) is 0 Å². The number of anilines is 1. The number of nitrogens with zero attached hydrogens (tertiary/aromatic N) is 2. The Hall–Kier alpha value is -2.69. The van der Waals surface area contributed by atoms with Gasteiger partial charge in [-0.15, -0.1) is 0 Å². The van der Waals surface area contributed by atoms with Crippen LogP contribution in [-0.2, 0) is 0 Å². The number of aromatic nitrogens is 2. The van der Waals surface area contributed by atoms with Gasteiger partial charge in [-0.05, 0) is 43.0 Å². The molecule has 3 rings (SSSR count). The zero-order valence-electron chi connectivity index (χ0n) is 14.0. The number of fused-ring (bicyclic) bond motifs is 1. The fourth-order valence-corrected chi connectivity index (χ4v) is 2.85. The maximum absolute atomic E-state index is 13.6. The van der Waals surface area contributed by atoms with Gasteiger partial charge in [0.1, 0.15) is 17.2 Å². The zero-order chi connectivity index (χ0) is 17.3. The molecule has 5 heteroatoms. The highest BCUT2D eigenvalue weighted by Crippen LogP contribution is 2.27. The number of hydrogen-bond donors (Lipinski definition) is 1. The molecular formula is C19H20FN3O. The third-order valence-corrected chi connectivity index (χ3v) is 4.32. The number of benzene rings is 1. The van der Waals surface area contributed by atoms with Crippen LogP contribution in [0.1, 0.15) is 47.9 Å². The van der Waals surface area contributed by atoms with Crippen molar-refractivity contribution in [3.63, 3.8) is 0 Å². The Balaban J connectivity index is 2.00. The van der Waals surface area contributed by atoms with Crippen LogP contribution in [0.15, 0.2) is 42.6 Å². The first kappa shape index (κ1) is 16.2. The Kier molecular flexibility index (Phi) is 4.34.